The first-order valence-electron chi connectivity index (χ1n) is 9.36. The number of furan rings is 1. The fourth-order valence-electron chi connectivity index (χ4n) is 3.37. The Morgan fingerprint density at radius 1 is 1.18 bits per heavy atom. The second-order valence-electron chi connectivity index (χ2n) is 6.74. The first-order chi connectivity index (χ1) is 13.7. The van der Waals surface area contributed by atoms with Gasteiger partial charge in [-0.2, -0.15) is 0 Å². The highest BCUT2D eigenvalue weighted by Crippen LogP contribution is 2.23. The molecule has 0 spiro atoms. The summed E-state index contributed by atoms with van der Waals surface area (Å²) in [5.74, 6) is 1.26. The lowest BCUT2D eigenvalue weighted by atomic mass is 10.1. The molecule has 7 heteroatoms. The third-order valence-corrected chi connectivity index (χ3v) is 4.73. The molecule has 7 nitrogen and oxygen atoms in total. The van der Waals surface area contributed by atoms with Crippen LogP contribution in [0.2, 0.25) is 0 Å². The standard InChI is InChI=1S/C21H22N4O3/c1-3-10-25(13-19-23-24-21(28-19)18-9-6-11-27-18)20(26)12-16-14(2)22-17-8-5-4-7-15(16)17/h4-9,11,22H,3,10,12-13H2,1-2H3. The Labute approximate surface area is 162 Å². The maximum atomic E-state index is 13.0. The molecule has 3 heterocycles. The van der Waals surface area contributed by atoms with Gasteiger partial charge in [-0.25, -0.2) is 0 Å². The average Bonchev–Trinajstić information content (AvgIpc) is 3.42. The quantitative estimate of drug-likeness (QED) is 0.523. The van der Waals surface area contributed by atoms with E-state index in [-0.39, 0.29) is 12.5 Å². The predicted molar refractivity (Wildman–Crippen MR) is 104 cm³/mol. The van der Waals surface area contributed by atoms with Gasteiger partial charge in [0.1, 0.15) is 0 Å². The lowest BCUT2D eigenvalue weighted by Gasteiger charge is -2.20. The van der Waals surface area contributed by atoms with Gasteiger partial charge in [0.05, 0.1) is 19.2 Å². The molecular weight excluding hydrogens is 356 g/mol. The Bertz CT molecular complexity index is 1080. The van der Waals surface area contributed by atoms with Crippen LogP contribution in [-0.2, 0) is 17.8 Å². The molecule has 0 aliphatic carbocycles. The summed E-state index contributed by atoms with van der Waals surface area (Å²) in [5.41, 5.74) is 3.09. The normalized spacial score (nSPS) is 11.2. The molecule has 1 aromatic carbocycles. The summed E-state index contributed by atoms with van der Waals surface area (Å²) in [7, 11) is 0. The van der Waals surface area contributed by atoms with Crippen molar-refractivity contribution in [1.29, 1.82) is 0 Å². The van der Waals surface area contributed by atoms with Gasteiger partial charge in [0, 0.05) is 23.1 Å². The van der Waals surface area contributed by atoms with Gasteiger partial charge in [-0.3, -0.25) is 4.79 Å². The van der Waals surface area contributed by atoms with E-state index in [1.807, 2.05) is 38.1 Å². The Kier molecular flexibility index (Phi) is 4.97. The van der Waals surface area contributed by atoms with Crippen LogP contribution in [0.1, 0.15) is 30.5 Å². The number of para-hydroxylation sites is 1. The molecule has 0 atom stereocenters. The largest absolute Gasteiger partial charge is 0.459 e. The van der Waals surface area contributed by atoms with Gasteiger partial charge >= 0.3 is 0 Å². The minimum absolute atomic E-state index is 0.0347. The van der Waals surface area contributed by atoms with Crippen molar-refractivity contribution >= 4 is 16.8 Å². The number of nitrogens with zero attached hydrogens (tertiary/aromatic N) is 3. The van der Waals surface area contributed by atoms with Crippen molar-refractivity contribution in [3.05, 3.63) is 59.8 Å². The summed E-state index contributed by atoms with van der Waals surface area (Å²) in [4.78, 5) is 18.2. The highest BCUT2D eigenvalue weighted by Gasteiger charge is 2.20. The summed E-state index contributed by atoms with van der Waals surface area (Å²) < 4.78 is 10.9. The fraction of sp³-hybridized carbons (Fsp3) is 0.286. The Hall–Kier alpha value is -3.35. The summed E-state index contributed by atoms with van der Waals surface area (Å²) in [6.07, 6.45) is 2.72. The van der Waals surface area contributed by atoms with Crippen molar-refractivity contribution in [3.63, 3.8) is 0 Å². The van der Waals surface area contributed by atoms with Crippen molar-refractivity contribution < 1.29 is 13.6 Å². The summed E-state index contributed by atoms with van der Waals surface area (Å²) >= 11 is 0. The number of carbonyl (C=O) groups is 1. The molecular formula is C21H22N4O3. The minimum Gasteiger partial charge on any atom is -0.459 e. The number of aromatic nitrogens is 3. The number of carbonyl (C=O) groups excluding carboxylic acids is 1. The van der Waals surface area contributed by atoms with Crippen molar-refractivity contribution in [2.45, 2.75) is 33.2 Å². The number of aryl methyl sites for hydroxylation is 1. The van der Waals surface area contributed by atoms with Crippen LogP contribution < -0.4 is 0 Å². The van der Waals surface area contributed by atoms with Crippen molar-refractivity contribution in [1.82, 2.24) is 20.1 Å². The highest BCUT2D eigenvalue weighted by atomic mass is 16.4. The number of hydrogen-bond acceptors (Lipinski definition) is 5. The summed E-state index contributed by atoms with van der Waals surface area (Å²) in [6, 6.07) is 11.6. The number of H-pyrrole nitrogens is 1. The van der Waals surface area contributed by atoms with Gasteiger partial charge in [0.2, 0.25) is 11.8 Å². The van der Waals surface area contributed by atoms with E-state index in [0.717, 1.165) is 28.6 Å². The third kappa shape index (κ3) is 3.55. The second-order valence-corrected chi connectivity index (χ2v) is 6.74. The lowest BCUT2D eigenvalue weighted by molar-refractivity contribution is -0.131. The lowest BCUT2D eigenvalue weighted by Crippen LogP contribution is -2.32. The van der Waals surface area contributed by atoms with E-state index in [1.54, 1.807) is 23.3 Å². The van der Waals surface area contributed by atoms with Gasteiger partial charge in [-0.1, -0.05) is 25.1 Å². The van der Waals surface area contributed by atoms with Crippen LogP contribution in [0.15, 0.2) is 51.5 Å². The molecule has 4 rings (SSSR count). The van der Waals surface area contributed by atoms with Crippen LogP contribution in [0.5, 0.6) is 0 Å². The van der Waals surface area contributed by atoms with E-state index < -0.39 is 0 Å². The topological polar surface area (TPSA) is 88.2 Å². The van der Waals surface area contributed by atoms with E-state index >= 15 is 0 Å². The SMILES string of the molecule is CCCN(Cc1nnc(-c2ccco2)o1)C(=O)Cc1c(C)[nH]c2ccccc12. The van der Waals surface area contributed by atoms with Gasteiger partial charge in [-0.15, -0.1) is 10.2 Å². The van der Waals surface area contributed by atoms with E-state index in [1.165, 1.54) is 0 Å². The average molecular weight is 378 g/mol. The molecule has 0 saturated carbocycles. The number of amides is 1. The molecule has 0 unspecified atom stereocenters. The second kappa shape index (κ2) is 7.72. The monoisotopic (exact) mass is 378 g/mol. The van der Waals surface area contributed by atoms with E-state index in [2.05, 4.69) is 15.2 Å². The predicted octanol–water partition coefficient (Wildman–Crippen LogP) is 4.10. The zero-order valence-corrected chi connectivity index (χ0v) is 15.9. The van der Waals surface area contributed by atoms with E-state index in [9.17, 15) is 4.79 Å². The molecule has 0 aliphatic heterocycles. The zero-order valence-electron chi connectivity index (χ0n) is 15.9. The van der Waals surface area contributed by atoms with Crippen LogP contribution in [0.25, 0.3) is 22.6 Å². The molecule has 1 N–H and O–H groups in total. The van der Waals surface area contributed by atoms with Crippen LogP contribution in [-0.4, -0.2) is 32.5 Å². The molecule has 0 aliphatic rings. The number of fused-ring (bicyclic) bond motifs is 1. The van der Waals surface area contributed by atoms with Crippen LogP contribution in [0.3, 0.4) is 0 Å². The number of rotatable bonds is 7. The number of aromatic amines is 1. The van der Waals surface area contributed by atoms with Gasteiger partial charge in [0.15, 0.2) is 5.76 Å². The molecule has 1 amide bonds. The molecule has 0 saturated heterocycles. The third-order valence-electron chi connectivity index (χ3n) is 4.73. The Balaban J connectivity index is 1.52. The molecule has 3 aromatic heterocycles. The first-order valence-corrected chi connectivity index (χ1v) is 9.36. The number of benzene rings is 1. The smallest absolute Gasteiger partial charge is 0.283 e. The highest BCUT2D eigenvalue weighted by molar-refractivity contribution is 5.90. The van der Waals surface area contributed by atoms with Gasteiger partial charge < -0.3 is 18.7 Å². The zero-order chi connectivity index (χ0) is 19.5. The fourth-order valence-corrected chi connectivity index (χ4v) is 3.37. The molecule has 28 heavy (non-hydrogen) atoms. The van der Waals surface area contributed by atoms with Crippen LogP contribution in [0, 0.1) is 6.92 Å². The molecule has 144 valence electrons. The maximum absolute atomic E-state index is 13.0. The van der Waals surface area contributed by atoms with Crippen molar-refractivity contribution in [2.75, 3.05) is 6.54 Å². The molecule has 0 fully saturated rings. The maximum Gasteiger partial charge on any atom is 0.283 e. The molecule has 0 radical (unpaired) electrons. The Morgan fingerprint density at radius 3 is 2.82 bits per heavy atom. The summed E-state index contributed by atoms with van der Waals surface area (Å²) in [6.45, 7) is 4.94. The van der Waals surface area contributed by atoms with E-state index in [0.29, 0.717) is 30.5 Å². The molecule has 0 bridgehead atoms. The van der Waals surface area contributed by atoms with Crippen LogP contribution >= 0.6 is 0 Å². The van der Waals surface area contributed by atoms with Crippen molar-refractivity contribution in [2.24, 2.45) is 0 Å². The Morgan fingerprint density at radius 2 is 2.04 bits per heavy atom. The van der Waals surface area contributed by atoms with E-state index in [4.69, 9.17) is 8.83 Å². The summed E-state index contributed by atoms with van der Waals surface area (Å²) in [5, 5.41) is 9.16. The van der Waals surface area contributed by atoms with Crippen molar-refractivity contribution in [3.8, 4) is 11.7 Å². The van der Waals surface area contributed by atoms with Gasteiger partial charge in [0.25, 0.3) is 5.89 Å². The molecule has 4 aromatic rings. The van der Waals surface area contributed by atoms with Crippen LogP contribution in [0.4, 0.5) is 0 Å². The van der Waals surface area contributed by atoms with Gasteiger partial charge in [-0.05, 0) is 37.1 Å². The number of hydrogen-bond donors (Lipinski definition) is 1. The minimum atomic E-state index is 0.0347. The number of nitrogens with one attached hydrogen (secondary N) is 1. The first kappa shape index (κ1) is 18.0.